The molecule has 3 rings (SSSR count). The number of rotatable bonds is 6. The molecular formula is C16H17N3O2S2. The zero-order chi connectivity index (χ0) is 16.2. The number of nitrogens with zero attached hydrogens (tertiary/aromatic N) is 2. The molecule has 0 aliphatic rings. The Kier molecular flexibility index (Phi) is 4.97. The third kappa shape index (κ3) is 3.73. The van der Waals surface area contributed by atoms with Crippen LogP contribution in [0.2, 0.25) is 0 Å². The van der Waals surface area contributed by atoms with E-state index in [1.54, 1.807) is 30.0 Å². The van der Waals surface area contributed by atoms with Gasteiger partial charge in [-0.1, -0.05) is 18.7 Å². The van der Waals surface area contributed by atoms with Gasteiger partial charge in [0.1, 0.15) is 21.9 Å². The van der Waals surface area contributed by atoms with Gasteiger partial charge in [-0.3, -0.25) is 4.79 Å². The fourth-order valence-corrected chi connectivity index (χ4v) is 4.02. The third-order valence-corrected chi connectivity index (χ3v) is 5.67. The molecule has 0 unspecified atom stereocenters. The van der Waals surface area contributed by atoms with Crippen molar-refractivity contribution in [1.82, 2.24) is 15.3 Å². The Morgan fingerprint density at radius 3 is 3.09 bits per heavy atom. The predicted molar refractivity (Wildman–Crippen MR) is 92.7 cm³/mol. The monoisotopic (exact) mass is 347 g/mol. The van der Waals surface area contributed by atoms with Crippen molar-refractivity contribution in [3.8, 4) is 0 Å². The molecule has 120 valence electrons. The number of amides is 1. The molecule has 0 bridgehead atoms. The molecule has 1 atom stereocenters. The zero-order valence-electron chi connectivity index (χ0n) is 12.9. The van der Waals surface area contributed by atoms with Gasteiger partial charge in [-0.2, -0.15) is 0 Å². The number of carbonyl (C=O) groups excluding carboxylic acids is 1. The highest BCUT2D eigenvalue weighted by Gasteiger charge is 2.18. The predicted octanol–water partition coefficient (Wildman–Crippen LogP) is 3.64. The van der Waals surface area contributed by atoms with E-state index in [1.165, 1.54) is 16.6 Å². The van der Waals surface area contributed by atoms with Crippen molar-refractivity contribution in [2.45, 2.75) is 37.1 Å². The number of hydrogen-bond donors (Lipinski definition) is 1. The standard InChI is InChI=1S/C16H17N3O2S2/c1-3-12-7-13-15(18-9-19-16(13)23-12)22-10(2)14(20)17-8-11-5-4-6-21-11/h4-7,9-10H,3,8H2,1-2H3,(H,17,20)/t10-/m0/s1. The molecule has 1 N–H and O–H groups in total. The second-order valence-corrected chi connectivity index (χ2v) is 7.47. The minimum atomic E-state index is -0.243. The number of thioether (sulfide) groups is 1. The SMILES string of the molecule is CCc1cc2c(S[C@@H](C)C(=O)NCc3ccco3)ncnc2s1. The van der Waals surface area contributed by atoms with Gasteiger partial charge >= 0.3 is 0 Å². The van der Waals surface area contributed by atoms with E-state index in [2.05, 4.69) is 28.3 Å². The maximum absolute atomic E-state index is 12.2. The first-order valence-corrected chi connectivity index (χ1v) is 9.07. The van der Waals surface area contributed by atoms with Gasteiger partial charge < -0.3 is 9.73 Å². The maximum atomic E-state index is 12.2. The summed E-state index contributed by atoms with van der Waals surface area (Å²) >= 11 is 3.13. The second kappa shape index (κ2) is 7.14. The minimum Gasteiger partial charge on any atom is -0.467 e. The molecule has 3 aromatic heterocycles. The third-order valence-electron chi connectivity index (χ3n) is 3.37. The van der Waals surface area contributed by atoms with Crippen molar-refractivity contribution in [3.05, 3.63) is 41.4 Å². The molecule has 23 heavy (non-hydrogen) atoms. The summed E-state index contributed by atoms with van der Waals surface area (Å²) in [5.41, 5.74) is 0. The Hall–Kier alpha value is -1.86. The van der Waals surface area contributed by atoms with Crippen LogP contribution in [0.5, 0.6) is 0 Å². The average Bonchev–Trinajstić information content (AvgIpc) is 3.21. The summed E-state index contributed by atoms with van der Waals surface area (Å²) in [4.78, 5) is 23.1. The Labute approximate surface area is 142 Å². The van der Waals surface area contributed by atoms with E-state index in [1.807, 2.05) is 13.0 Å². The van der Waals surface area contributed by atoms with Gasteiger partial charge in [0, 0.05) is 10.3 Å². The smallest absolute Gasteiger partial charge is 0.233 e. The maximum Gasteiger partial charge on any atom is 0.233 e. The highest BCUT2D eigenvalue weighted by atomic mass is 32.2. The number of nitrogens with one attached hydrogen (secondary N) is 1. The number of aromatic nitrogens is 2. The van der Waals surface area contributed by atoms with Gasteiger partial charge in [0.05, 0.1) is 18.1 Å². The summed E-state index contributed by atoms with van der Waals surface area (Å²) in [5.74, 6) is 0.703. The molecule has 0 aliphatic carbocycles. The van der Waals surface area contributed by atoms with Gasteiger partial charge in [0.15, 0.2) is 0 Å². The van der Waals surface area contributed by atoms with Gasteiger partial charge in [0.25, 0.3) is 0 Å². The second-order valence-electron chi connectivity index (χ2n) is 5.02. The van der Waals surface area contributed by atoms with Crippen LogP contribution in [0.3, 0.4) is 0 Å². The van der Waals surface area contributed by atoms with Crippen molar-refractivity contribution in [3.63, 3.8) is 0 Å². The van der Waals surface area contributed by atoms with E-state index in [0.29, 0.717) is 6.54 Å². The summed E-state index contributed by atoms with van der Waals surface area (Å²) < 4.78 is 5.21. The van der Waals surface area contributed by atoms with Crippen LogP contribution in [0.1, 0.15) is 24.5 Å². The largest absolute Gasteiger partial charge is 0.467 e. The molecule has 1 amide bonds. The molecule has 0 saturated heterocycles. The summed E-state index contributed by atoms with van der Waals surface area (Å²) in [6.45, 7) is 4.40. The van der Waals surface area contributed by atoms with E-state index in [4.69, 9.17) is 4.42 Å². The van der Waals surface area contributed by atoms with Crippen molar-refractivity contribution in [2.75, 3.05) is 0 Å². The van der Waals surface area contributed by atoms with Gasteiger partial charge in [-0.15, -0.1) is 11.3 Å². The molecule has 0 aromatic carbocycles. The molecule has 0 radical (unpaired) electrons. The quantitative estimate of drug-likeness (QED) is 0.544. The lowest BCUT2D eigenvalue weighted by molar-refractivity contribution is -0.120. The lowest BCUT2D eigenvalue weighted by atomic mass is 10.3. The van der Waals surface area contributed by atoms with Crippen molar-refractivity contribution in [1.29, 1.82) is 0 Å². The highest BCUT2D eigenvalue weighted by Crippen LogP contribution is 2.32. The van der Waals surface area contributed by atoms with Gasteiger partial charge in [-0.25, -0.2) is 9.97 Å². The Balaban J connectivity index is 1.68. The lowest BCUT2D eigenvalue weighted by Gasteiger charge is -2.11. The first-order chi connectivity index (χ1) is 11.2. The number of carbonyl (C=O) groups is 1. The molecule has 0 fully saturated rings. The van der Waals surface area contributed by atoms with Crippen LogP contribution in [0.4, 0.5) is 0 Å². The zero-order valence-corrected chi connectivity index (χ0v) is 14.5. The van der Waals surface area contributed by atoms with E-state index >= 15 is 0 Å². The minimum absolute atomic E-state index is 0.0379. The number of furan rings is 1. The number of hydrogen-bond acceptors (Lipinski definition) is 6. The summed E-state index contributed by atoms with van der Waals surface area (Å²) in [6.07, 6.45) is 4.14. The van der Waals surface area contributed by atoms with Crippen LogP contribution in [0, 0.1) is 0 Å². The molecule has 3 aromatic rings. The van der Waals surface area contributed by atoms with Gasteiger partial charge in [0.2, 0.25) is 5.91 Å². The number of thiophene rings is 1. The molecule has 5 nitrogen and oxygen atoms in total. The van der Waals surface area contributed by atoms with Crippen LogP contribution in [-0.2, 0) is 17.8 Å². The van der Waals surface area contributed by atoms with E-state index in [9.17, 15) is 4.79 Å². The van der Waals surface area contributed by atoms with Crippen LogP contribution < -0.4 is 5.32 Å². The van der Waals surface area contributed by atoms with E-state index in [-0.39, 0.29) is 11.2 Å². The van der Waals surface area contributed by atoms with Crippen LogP contribution in [-0.4, -0.2) is 21.1 Å². The summed E-state index contributed by atoms with van der Waals surface area (Å²) in [5, 5.41) is 4.52. The van der Waals surface area contributed by atoms with Gasteiger partial charge in [-0.05, 0) is 31.5 Å². The van der Waals surface area contributed by atoms with Crippen molar-refractivity contribution in [2.24, 2.45) is 0 Å². The lowest BCUT2D eigenvalue weighted by Crippen LogP contribution is -2.30. The van der Waals surface area contributed by atoms with Crippen LogP contribution in [0.15, 0.2) is 40.2 Å². The van der Waals surface area contributed by atoms with Crippen LogP contribution in [0.25, 0.3) is 10.2 Å². The first kappa shape index (κ1) is 16.0. The molecule has 0 aliphatic heterocycles. The number of aryl methyl sites for hydroxylation is 1. The normalized spacial score (nSPS) is 12.4. The van der Waals surface area contributed by atoms with Crippen molar-refractivity contribution >= 4 is 39.2 Å². The van der Waals surface area contributed by atoms with E-state index in [0.717, 1.165) is 27.4 Å². The Morgan fingerprint density at radius 2 is 2.35 bits per heavy atom. The fourth-order valence-electron chi connectivity index (χ4n) is 2.10. The highest BCUT2D eigenvalue weighted by molar-refractivity contribution is 8.00. The topological polar surface area (TPSA) is 68.0 Å². The number of fused-ring (bicyclic) bond motifs is 1. The molecular weight excluding hydrogens is 330 g/mol. The Morgan fingerprint density at radius 1 is 1.48 bits per heavy atom. The van der Waals surface area contributed by atoms with Crippen LogP contribution >= 0.6 is 23.1 Å². The molecule has 3 heterocycles. The molecule has 7 heteroatoms. The first-order valence-electron chi connectivity index (χ1n) is 7.37. The summed E-state index contributed by atoms with van der Waals surface area (Å²) in [6, 6.07) is 5.76. The summed E-state index contributed by atoms with van der Waals surface area (Å²) in [7, 11) is 0. The van der Waals surface area contributed by atoms with E-state index < -0.39 is 0 Å². The average molecular weight is 347 g/mol. The fraction of sp³-hybridized carbons (Fsp3) is 0.312. The Bertz CT molecular complexity index is 799. The molecule has 0 saturated carbocycles. The van der Waals surface area contributed by atoms with Crippen molar-refractivity contribution < 1.29 is 9.21 Å². The molecule has 0 spiro atoms.